The number of benzene rings is 4. The summed E-state index contributed by atoms with van der Waals surface area (Å²) < 4.78 is 22.5. The summed E-state index contributed by atoms with van der Waals surface area (Å²) in [6.07, 6.45) is -0.699. The van der Waals surface area contributed by atoms with Gasteiger partial charge in [-0.3, -0.25) is 4.79 Å². The van der Waals surface area contributed by atoms with E-state index in [4.69, 9.17) is 18.9 Å². The first kappa shape index (κ1) is 28.0. The molecule has 0 aliphatic rings. The van der Waals surface area contributed by atoms with Crippen molar-refractivity contribution in [1.82, 2.24) is 0 Å². The molecule has 8 heteroatoms. The molecule has 1 amide bonds. The number of esters is 1. The normalized spacial score (nSPS) is 12.0. The van der Waals surface area contributed by atoms with Crippen LogP contribution in [0.5, 0.6) is 17.2 Å². The number of hydrogen-bond donors (Lipinski definition) is 2. The number of ether oxygens (including phenoxy) is 4. The molecule has 0 aliphatic heterocycles. The highest BCUT2D eigenvalue weighted by molar-refractivity contribution is 6.04. The van der Waals surface area contributed by atoms with E-state index in [0.29, 0.717) is 45.3 Å². The van der Waals surface area contributed by atoms with Crippen molar-refractivity contribution in [1.29, 1.82) is 0 Å². The van der Waals surface area contributed by atoms with Gasteiger partial charge in [-0.2, -0.15) is 0 Å². The number of amides is 1. The zero-order valence-electron chi connectivity index (χ0n) is 22.8. The molecule has 206 valence electrons. The van der Waals surface area contributed by atoms with Crippen LogP contribution in [0.25, 0.3) is 0 Å². The van der Waals surface area contributed by atoms with Crippen LogP contribution in [0.1, 0.15) is 39.3 Å². The quantitative estimate of drug-likeness (QED) is 0.214. The predicted octanol–water partition coefficient (Wildman–Crippen LogP) is 6.36. The summed E-state index contributed by atoms with van der Waals surface area (Å²) >= 11 is 0. The highest BCUT2D eigenvalue weighted by atomic mass is 16.5. The Hall–Kier alpha value is -4.98. The first-order chi connectivity index (χ1) is 19.4. The lowest BCUT2D eigenvalue weighted by atomic mass is 10.0. The number of nitrogens with one attached hydrogen (secondary N) is 2. The first-order valence-corrected chi connectivity index (χ1v) is 12.7. The van der Waals surface area contributed by atoms with Crippen molar-refractivity contribution in [2.24, 2.45) is 0 Å². The molecule has 0 spiro atoms. The molecule has 0 radical (unpaired) electrons. The van der Waals surface area contributed by atoms with E-state index in [9.17, 15) is 9.59 Å². The lowest BCUT2D eigenvalue weighted by molar-refractivity contribution is 0.0261. The standard InChI is InChI=1S/C32H32N2O6/c1-21(33-26-17-16-25(20-28(26)38-3)34-31(35)22-11-7-5-8-12-22)30(40-32(36)23-13-9-6-10-14-23)24-15-18-27(37-2)29(19-24)39-4/h5-21,30,33H,1-4H3,(H,34,35)/t21-,30+/m1/s1. The zero-order chi connectivity index (χ0) is 28.5. The van der Waals surface area contributed by atoms with Crippen molar-refractivity contribution in [2.75, 3.05) is 32.0 Å². The minimum Gasteiger partial charge on any atom is -0.495 e. The van der Waals surface area contributed by atoms with Crippen molar-refractivity contribution in [3.63, 3.8) is 0 Å². The molecular formula is C32H32N2O6. The van der Waals surface area contributed by atoms with Crippen LogP contribution in [-0.2, 0) is 4.74 Å². The van der Waals surface area contributed by atoms with E-state index in [1.807, 2.05) is 37.3 Å². The highest BCUT2D eigenvalue weighted by Crippen LogP contribution is 2.35. The maximum atomic E-state index is 13.1. The Morgan fingerprint density at radius 3 is 1.93 bits per heavy atom. The average Bonchev–Trinajstić information content (AvgIpc) is 3.00. The van der Waals surface area contributed by atoms with Gasteiger partial charge in [0.2, 0.25) is 0 Å². The molecule has 2 atom stereocenters. The van der Waals surface area contributed by atoms with Crippen LogP contribution in [0.15, 0.2) is 97.1 Å². The molecule has 0 aliphatic carbocycles. The maximum absolute atomic E-state index is 13.1. The fourth-order valence-corrected chi connectivity index (χ4v) is 4.25. The molecular weight excluding hydrogens is 508 g/mol. The van der Waals surface area contributed by atoms with Crippen LogP contribution in [0.2, 0.25) is 0 Å². The van der Waals surface area contributed by atoms with Crippen LogP contribution in [0, 0.1) is 0 Å². The van der Waals surface area contributed by atoms with Crippen molar-refractivity contribution in [3.05, 3.63) is 114 Å². The molecule has 0 aromatic heterocycles. The van der Waals surface area contributed by atoms with Crippen molar-refractivity contribution >= 4 is 23.3 Å². The fourth-order valence-electron chi connectivity index (χ4n) is 4.25. The third-order valence-corrected chi connectivity index (χ3v) is 6.31. The lowest BCUT2D eigenvalue weighted by Gasteiger charge is -2.27. The van der Waals surface area contributed by atoms with Gasteiger partial charge in [0.05, 0.1) is 38.6 Å². The van der Waals surface area contributed by atoms with Crippen molar-refractivity contribution < 1.29 is 28.5 Å². The van der Waals surface area contributed by atoms with Crippen LogP contribution >= 0.6 is 0 Å². The van der Waals surface area contributed by atoms with E-state index >= 15 is 0 Å². The summed E-state index contributed by atoms with van der Waals surface area (Å²) in [4.78, 5) is 25.7. The largest absolute Gasteiger partial charge is 0.495 e. The SMILES string of the molecule is COc1cc(NC(=O)c2ccccc2)ccc1N[C@H](C)[C@H](OC(=O)c1ccccc1)c1ccc(OC)c(OC)c1. The Kier molecular flexibility index (Phi) is 9.25. The smallest absolute Gasteiger partial charge is 0.338 e. The number of carbonyl (C=O) groups is 2. The third kappa shape index (κ3) is 6.71. The van der Waals surface area contributed by atoms with E-state index in [1.54, 1.807) is 88.1 Å². The van der Waals surface area contributed by atoms with Crippen molar-refractivity contribution in [3.8, 4) is 17.2 Å². The van der Waals surface area contributed by atoms with Gasteiger partial charge < -0.3 is 29.6 Å². The topological polar surface area (TPSA) is 95.1 Å². The second kappa shape index (κ2) is 13.2. The summed E-state index contributed by atoms with van der Waals surface area (Å²) in [5, 5.41) is 6.30. The molecule has 40 heavy (non-hydrogen) atoms. The van der Waals surface area contributed by atoms with Gasteiger partial charge in [0.1, 0.15) is 11.9 Å². The molecule has 4 rings (SSSR count). The van der Waals surface area contributed by atoms with Gasteiger partial charge in [-0.1, -0.05) is 42.5 Å². The van der Waals surface area contributed by atoms with Crippen LogP contribution < -0.4 is 24.8 Å². The molecule has 8 nitrogen and oxygen atoms in total. The fraction of sp³-hybridized carbons (Fsp3) is 0.188. The van der Waals surface area contributed by atoms with Gasteiger partial charge in [0, 0.05) is 17.3 Å². The molecule has 0 bridgehead atoms. The molecule has 4 aromatic rings. The summed E-state index contributed by atoms with van der Waals surface area (Å²) in [7, 11) is 4.67. The second-order valence-corrected chi connectivity index (χ2v) is 8.97. The molecule has 2 N–H and O–H groups in total. The third-order valence-electron chi connectivity index (χ3n) is 6.31. The lowest BCUT2D eigenvalue weighted by Crippen LogP contribution is -2.28. The summed E-state index contributed by atoms with van der Waals surface area (Å²) in [6.45, 7) is 1.91. The van der Waals surface area contributed by atoms with E-state index in [1.165, 1.54) is 0 Å². The monoisotopic (exact) mass is 540 g/mol. The Morgan fingerprint density at radius 2 is 1.30 bits per heavy atom. The minimum atomic E-state index is -0.699. The molecule has 0 saturated heterocycles. The van der Waals surface area contributed by atoms with Crippen LogP contribution in [0.3, 0.4) is 0 Å². The van der Waals surface area contributed by atoms with Gasteiger partial charge in [0.15, 0.2) is 11.5 Å². The Labute approximate surface area is 233 Å². The zero-order valence-corrected chi connectivity index (χ0v) is 22.8. The number of hydrogen-bond acceptors (Lipinski definition) is 7. The number of anilines is 2. The van der Waals surface area contributed by atoms with Gasteiger partial charge >= 0.3 is 5.97 Å². The molecule has 0 saturated carbocycles. The molecule has 0 unspecified atom stereocenters. The number of carbonyl (C=O) groups excluding carboxylic acids is 2. The number of methoxy groups -OCH3 is 3. The Bertz CT molecular complexity index is 1440. The minimum absolute atomic E-state index is 0.224. The van der Waals surface area contributed by atoms with E-state index in [2.05, 4.69) is 10.6 Å². The molecule has 0 heterocycles. The second-order valence-electron chi connectivity index (χ2n) is 8.97. The Balaban J connectivity index is 1.59. The average molecular weight is 541 g/mol. The van der Waals surface area contributed by atoms with E-state index in [-0.39, 0.29) is 5.91 Å². The highest BCUT2D eigenvalue weighted by Gasteiger charge is 2.26. The summed E-state index contributed by atoms with van der Waals surface area (Å²) in [5.74, 6) is 0.912. The molecule has 0 fully saturated rings. The predicted molar refractivity (Wildman–Crippen MR) is 155 cm³/mol. The van der Waals surface area contributed by atoms with Gasteiger partial charge in [-0.15, -0.1) is 0 Å². The van der Waals surface area contributed by atoms with Gasteiger partial charge in [0.25, 0.3) is 5.91 Å². The van der Waals surface area contributed by atoms with Crippen LogP contribution in [0.4, 0.5) is 11.4 Å². The van der Waals surface area contributed by atoms with Gasteiger partial charge in [-0.25, -0.2) is 4.79 Å². The summed E-state index contributed by atoms with van der Waals surface area (Å²) in [6, 6.07) is 28.1. The Morgan fingerprint density at radius 1 is 0.675 bits per heavy atom. The summed E-state index contributed by atoms with van der Waals surface area (Å²) in [5.41, 5.74) is 2.95. The number of rotatable bonds is 11. The van der Waals surface area contributed by atoms with Crippen LogP contribution in [-0.4, -0.2) is 39.2 Å². The first-order valence-electron chi connectivity index (χ1n) is 12.7. The van der Waals surface area contributed by atoms with Gasteiger partial charge in [-0.05, 0) is 61.0 Å². The van der Waals surface area contributed by atoms with Crippen molar-refractivity contribution in [2.45, 2.75) is 19.1 Å². The maximum Gasteiger partial charge on any atom is 0.338 e. The molecule has 4 aromatic carbocycles. The van der Waals surface area contributed by atoms with E-state index < -0.39 is 18.1 Å². The van der Waals surface area contributed by atoms with E-state index in [0.717, 1.165) is 0 Å².